The zero-order chi connectivity index (χ0) is 25.3. The molecule has 1 heterocycles. The molecule has 1 saturated heterocycles. The molecule has 11 nitrogen and oxygen atoms in total. The van der Waals surface area contributed by atoms with Crippen LogP contribution in [0.25, 0.3) is 0 Å². The van der Waals surface area contributed by atoms with E-state index in [1.54, 1.807) is 0 Å². The molecular formula is C22H39N5O6. The number of aliphatic carboxylic acids is 1. The minimum absolute atomic E-state index is 0.0122. The molecule has 0 aromatic carbocycles. The van der Waals surface area contributed by atoms with E-state index >= 15 is 0 Å². The fourth-order valence-electron chi connectivity index (χ4n) is 3.91. The average molecular weight is 470 g/mol. The molecule has 1 rings (SSSR count). The van der Waals surface area contributed by atoms with E-state index in [1.165, 1.54) is 4.90 Å². The second kappa shape index (κ2) is 13.1. The highest BCUT2D eigenvalue weighted by Gasteiger charge is 2.38. The van der Waals surface area contributed by atoms with E-state index < -0.39 is 47.9 Å². The van der Waals surface area contributed by atoms with Crippen LogP contribution in [0.15, 0.2) is 0 Å². The maximum atomic E-state index is 13.0. The molecule has 0 aromatic heterocycles. The van der Waals surface area contributed by atoms with Crippen molar-refractivity contribution in [3.05, 3.63) is 0 Å². The summed E-state index contributed by atoms with van der Waals surface area (Å²) < 4.78 is 0. The topological polar surface area (TPSA) is 185 Å². The van der Waals surface area contributed by atoms with Crippen molar-refractivity contribution in [3.63, 3.8) is 0 Å². The van der Waals surface area contributed by atoms with E-state index in [4.69, 9.17) is 11.5 Å². The number of carboxylic acid groups (broad SMARTS) is 1. The van der Waals surface area contributed by atoms with Crippen molar-refractivity contribution in [1.82, 2.24) is 15.5 Å². The van der Waals surface area contributed by atoms with Crippen LogP contribution in [-0.4, -0.2) is 70.3 Å². The van der Waals surface area contributed by atoms with E-state index in [1.807, 2.05) is 27.7 Å². The number of carbonyl (C=O) groups excluding carboxylic acids is 4. The maximum Gasteiger partial charge on any atom is 0.326 e. The molecule has 11 heteroatoms. The van der Waals surface area contributed by atoms with Gasteiger partial charge in [0.05, 0.1) is 6.04 Å². The Morgan fingerprint density at radius 2 is 1.61 bits per heavy atom. The van der Waals surface area contributed by atoms with Crippen molar-refractivity contribution >= 4 is 29.6 Å². The summed E-state index contributed by atoms with van der Waals surface area (Å²) in [6.07, 6.45) is 1.46. The van der Waals surface area contributed by atoms with E-state index in [0.29, 0.717) is 25.8 Å². The van der Waals surface area contributed by atoms with Gasteiger partial charge in [-0.2, -0.15) is 0 Å². The summed E-state index contributed by atoms with van der Waals surface area (Å²) >= 11 is 0. The number of amides is 4. The Balaban J connectivity index is 2.94. The number of carboxylic acids is 1. The van der Waals surface area contributed by atoms with Gasteiger partial charge in [-0.15, -0.1) is 0 Å². The first-order chi connectivity index (χ1) is 15.3. The first-order valence-electron chi connectivity index (χ1n) is 11.5. The molecule has 1 fully saturated rings. The fourth-order valence-corrected chi connectivity index (χ4v) is 3.91. The number of nitrogens with one attached hydrogen (secondary N) is 2. The molecule has 0 radical (unpaired) electrons. The second-order valence-corrected chi connectivity index (χ2v) is 9.52. The summed E-state index contributed by atoms with van der Waals surface area (Å²) in [5.74, 6) is -3.20. The summed E-state index contributed by atoms with van der Waals surface area (Å²) in [7, 11) is 0. The zero-order valence-electron chi connectivity index (χ0n) is 20.0. The number of hydrogen-bond acceptors (Lipinski definition) is 6. The highest BCUT2D eigenvalue weighted by atomic mass is 16.4. The Kier molecular flexibility index (Phi) is 11.3. The lowest BCUT2D eigenvalue weighted by Crippen LogP contribution is -2.56. The molecule has 0 aliphatic carbocycles. The predicted molar refractivity (Wildman–Crippen MR) is 122 cm³/mol. The van der Waals surface area contributed by atoms with E-state index in [2.05, 4.69) is 10.6 Å². The van der Waals surface area contributed by atoms with Gasteiger partial charge in [-0.1, -0.05) is 27.7 Å². The van der Waals surface area contributed by atoms with Gasteiger partial charge in [0.1, 0.15) is 18.1 Å². The number of nitrogens with zero attached hydrogens (tertiary/aromatic N) is 1. The number of rotatable bonds is 13. The lowest BCUT2D eigenvalue weighted by molar-refractivity contribution is -0.143. The van der Waals surface area contributed by atoms with E-state index in [0.717, 1.165) is 0 Å². The fraction of sp³-hybridized carbons (Fsp3) is 0.773. The third-order valence-electron chi connectivity index (χ3n) is 5.52. The molecule has 4 unspecified atom stereocenters. The molecule has 7 N–H and O–H groups in total. The predicted octanol–water partition coefficient (Wildman–Crippen LogP) is -0.283. The summed E-state index contributed by atoms with van der Waals surface area (Å²) in [6.45, 7) is 7.93. The molecule has 0 bridgehead atoms. The van der Waals surface area contributed by atoms with Crippen molar-refractivity contribution in [1.29, 1.82) is 0 Å². The summed E-state index contributed by atoms with van der Waals surface area (Å²) in [4.78, 5) is 62.8. The molecule has 33 heavy (non-hydrogen) atoms. The summed E-state index contributed by atoms with van der Waals surface area (Å²) in [6, 6.07) is -3.81. The van der Waals surface area contributed by atoms with Gasteiger partial charge < -0.3 is 32.1 Å². The number of nitrogens with two attached hydrogens (primary N) is 2. The molecule has 0 saturated carbocycles. The molecule has 0 aromatic rings. The van der Waals surface area contributed by atoms with Crippen LogP contribution in [0.4, 0.5) is 0 Å². The number of hydrogen-bond donors (Lipinski definition) is 5. The summed E-state index contributed by atoms with van der Waals surface area (Å²) in [5, 5.41) is 14.4. The minimum Gasteiger partial charge on any atom is -0.480 e. The molecular weight excluding hydrogens is 430 g/mol. The number of primary amides is 1. The van der Waals surface area contributed by atoms with Gasteiger partial charge in [0.15, 0.2) is 0 Å². The normalized spacial score (nSPS) is 18.6. The monoisotopic (exact) mass is 469 g/mol. The number of likely N-dealkylation sites (tertiary alicyclic amines) is 1. The average Bonchev–Trinajstić information content (AvgIpc) is 3.18. The molecule has 4 atom stereocenters. The molecule has 0 spiro atoms. The maximum absolute atomic E-state index is 13.0. The highest BCUT2D eigenvalue weighted by molar-refractivity contribution is 5.94. The van der Waals surface area contributed by atoms with Crippen LogP contribution >= 0.6 is 0 Å². The molecule has 1 aliphatic rings. The minimum atomic E-state index is -1.19. The van der Waals surface area contributed by atoms with Gasteiger partial charge in [0.25, 0.3) is 0 Å². The number of carbonyl (C=O) groups is 5. The van der Waals surface area contributed by atoms with Crippen LogP contribution < -0.4 is 22.1 Å². The largest absolute Gasteiger partial charge is 0.480 e. The van der Waals surface area contributed by atoms with Crippen LogP contribution in [-0.2, 0) is 24.0 Å². The molecule has 4 amide bonds. The SMILES string of the molecule is CC(C)CC(N)C(=O)N1CCCC1C(=O)NC(CCC(N)=O)C(=O)NC(CC(C)C)C(=O)O. The van der Waals surface area contributed by atoms with Crippen molar-refractivity contribution in [3.8, 4) is 0 Å². The lowest BCUT2D eigenvalue weighted by Gasteiger charge is -2.29. The van der Waals surface area contributed by atoms with Crippen LogP contribution in [0, 0.1) is 11.8 Å². The van der Waals surface area contributed by atoms with Gasteiger partial charge in [-0.25, -0.2) is 4.79 Å². The van der Waals surface area contributed by atoms with Gasteiger partial charge in [0, 0.05) is 13.0 Å². The Hall–Kier alpha value is -2.69. The van der Waals surface area contributed by atoms with Gasteiger partial charge >= 0.3 is 5.97 Å². The van der Waals surface area contributed by atoms with Crippen molar-refractivity contribution in [2.45, 2.75) is 90.4 Å². The van der Waals surface area contributed by atoms with E-state index in [-0.39, 0.29) is 37.0 Å². The van der Waals surface area contributed by atoms with Crippen LogP contribution in [0.5, 0.6) is 0 Å². The van der Waals surface area contributed by atoms with Crippen LogP contribution in [0.3, 0.4) is 0 Å². The van der Waals surface area contributed by atoms with Gasteiger partial charge in [-0.3, -0.25) is 19.2 Å². The Morgan fingerprint density at radius 1 is 1.00 bits per heavy atom. The van der Waals surface area contributed by atoms with Crippen LogP contribution in [0.2, 0.25) is 0 Å². The Labute approximate surface area is 195 Å². The van der Waals surface area contributed by atoms with Gasteiger partial charge in [-0.05, 0) is 43.9 Å². The Morgan fingerprint density at radius 3 is 2.12 bits per heavy atom. The lowest BCUT2D eigenvalue weighted by atomic mass is 10.0. The molecule has 1 aliphatic heterocycles. The third-order valence-corrected chi connectivity index (χ3v) is 5.52. The van der Waals surface area contributed by atoms with Crippen LogP contribution in [0.1, 0.15) is 66.2 Å². The van der Waals surface area contributed by atoms with Crippen molar-refractivity contribution in [2.75, 3.05) is 6.54 Å². The van der Waals surface area contributed by atoms with Crippen molar-refractivity contribution in [2.24, 2.45) is 23.3 Å². The highest BCUT2D eigenvalue weighted by Crippen LogP contribution is 2.20. The zero-order valence-corrected chi connectivity index (χ0v) is 20.0. The first-order valence-corrected chi connectivity index (χ1v) is 11.5. The summed E-state index contributed by atoms with van der Waals surface area (Å²) in [5.41, 5.74) is 11.2. The quantitative estimate of drug-likeness (QED) is 0.245. The second-order valence-electron chi connectivity index (χ2n) is 9.52. The first kappa shape index (κ1) is 28.3. The smallest absolute Gasteiger partial charge is 0.326 e. The standard InChI is InChI=1S/C22H39N5O6/c1-12(2)10-14(23)21(31)27-9-5-6-17(27)20(30)25-15(7-8-18(24)28)19(29)26-16(22(32)33)11-13(3)4/h12-17H,5-11,23H2,1-4H3,(H2,24,28)(H,25,30)(H,26,29)(H,32,33). The Bertz CT molecular complexity index is 726. The molecule has 188 valence electrons. The van der Waals surface area contributed by atoms with E-state index in [9.17, 15) is 29.1 Å². The third kappa shape index (κ3) is 9.37. The van der Waals surface area contributed by atoms with Gasteiger partial charge in [0.2, 0.25) is 23.6 Å². The van der Waals surface area contributed by atoms with Crippen molar-refractivity contribution < 1.29 is 29.1 Å².